The first-order valence-electron chi connectivity index (χ1n) is 7.51. The van der Waals surface area contributed by atoms with Crippen LogP contribution in [-0.2, 0) is 6.54 Å². The third-order valence-corrected chi connectivity index (χ3v) is 4.30. The monoisotopic (exact) mass is 249 g/mol. The summed E-state index contributed by atoms with van der Waals surface area (Å²) in [6.45, 7) is 5.36. The van der Waals surface area contributed by atoms with Crippen LogP contribution in [0.15, 0.2) is 6.20 Å². The van der Waals surface area contributed by atoms with E-state index < -0.39 is 0 Å². The fourth-order valence-corrected chi connectivity index (χ4v) is 3.09. The molecule has 2 rings (SSSR count). The first-order valence-corrected chi connectivity index (χ1v) is 7.51. The van der Waals surface area contributed by atoms with Crippen LogP contribution in [0.5, 0.6) is 0 Å². The van der Waals surface area contributed by atoms with E-state index in [0.717, 1.165) is 12.5 Å². The summed E-state index contributed by atoms with van der Waals surface area (Å²) in [5, 5.41) is 10.8. The average Bonchev–Trinajstić information content (AvgIpc) is 2.63. The Balaban J connectivity index is 1.75. The van der Waals surface area contributed by atoms with Crippen molar-refractivity contribution in [3.63, 3.8) is 0 Å². The molecule has 2 N–H and O–H groups in total. The van der Waals surface area contributed by atoms with E-state index in [4.69, 9.17) is 0 Å². The van der Waals surface area contributed by atoms with E-state index >= 15 is 0 Å². The van der Waals surface area contributed by atoms with Crippen molar-refractivity contribution in [2.45, 2.75) is 71.4 Å². The molecule has 102 valence electrons. The SMILES string of the molecule is CCCC1CCCC(NCc2cn[nH]c2C)CC1. The van der Waals surface area contributed by atoms with E-state index in [9.17, 15) is 0 Å². The van der Waals surface area contributed by atoms with E-state index in [-0.39, 0.29) is 0 Å². The number of nitrogens with one attached hydrogen (secondary N) is 2. The first kappa shape index (κ1) is 13.6. The molecule has 2 atom stereocenters. The Morgan fingerprint density at radius 1 is 1.33 bits per heavy atom. The zero-order valence-corrected chi connectivity index (χ0v) is 11.8. The molecule has 1 aliphatic rings. The van der Waals surface area contributed by atoms with Gasteiger partial charge in [0.05, 0.1) is 6.20 Å². The van der Waals surface area contributed by atoms with Crippen molar-refractivity contribution in [1.29, 1.82) is 0 Å². The molecule has 0 amide bonds. The summed E-state index contributed by atoms with van der Waals surface area (Å²) in [5.41, 5.74) is 2.50. The highest BCUT2D eigenvalue weighted by Crippen LogP contribution is 2.26. The van der Waals surface area contributed by atoms with Crippen molar-refractivity contribution in [2.24, 2.45) is 5.92 Å². The Kier molecular flexibility index (Phi) is 5.24. The molecule has 1 fully saturated rings. The fourth-order valence-electron chi connectivity index (χ4n) is 3.09. The van der Waals surface area contributed by atoms with Gasteiger partial charge in [-0.2, -0.15) is 5.10 Å². The van der Waals surface area contributed by atoms with E-state index in [0.29, 0.717) is 6.04 Å². The molecule has 18 heavy (non-hydrogen) atoms. The molecule has 0 spiro atoms. The van der Waals surface area contributed by atoms with Crippen molar-refractivity contribution in [3.05, 3.63) is 17.5 Å². The molecule has 1 aliphatic carbocycles. The molecule has 1 heterocycles. The maximum Gasteiger partial charge on any atom is 0.0535 e. The Labute approximate surface area is 111 Å². The minimum atomic E-state index is 0.709. The number of aromatic nitrogens is 2. The summed E-state index contributed by atoms with van der Waals surface area (Å²) in [6.07, 6.45) is 11.7. The first-order chi connectivity index (χ1) is 8.79. The standard InChI is InChI=1S/C15H27N3/c1-3-5-13-6-4-7-15(9-8-13)16-10-14-11-17-18-12(14)2/h11,13,15-16H,3-10H2,1-2H3,(H,17,18). The topological polar surface area (TPSA) is 40.7 Å². The molecule has 0 radical (unpaired) electrons. The smallest absolute Gasteiger partial charge is 0.0535 e. The lowest BCUT2D eigenvalue weighted by Gasteiger charge is -2.16. The summed E-state index contributed by atoms with van der Waals surface area (Å²) in [4.78, 5) is 0. The third kappa shape index (κ3) is 3.84. The van der Waals surface area contributed by atoms with Crippen LogP contribution in [0, 0.1) is 12.8 Å². The van der Waals surface area contributed by atoms with Gasteiger partial charge in [-0.15, -0.1) is 0 Å². The molecule has 0 bridgehead atoms. The van der Waals surface area contributed by atoms with Gasteiger partial charge in [-0.1, -0.05) is 32.6 Å². The number of nitrogens with zero attached hydrogens (tertiary/aromatic N) is 1. The van der Waals surface area contributed by atoms with E-state index in [1.54, 1.807) is 0 Å². The number of hydrogen-bond acceptors (Lipinski definition) is 2. The summed E-state index contributed by atoms with van der Waals surface area (Å²) in [6, 6.07) is 0.709. The second kappa shape index (κ2) is 6.93. The maximum atomic E-state index is 4.08. The minimum absolute atomic E-state index is 0.709. The van der Waals surface area contributed by atoms with Crippen LogP contribution in [0.1, 0.15) is 63.1 Å². The van der Waals surface area contributed by atoms with Crippen molar-refractivity contribution in [1.82, 2.24) is 15.5 Å². The number of H-pyrrole nitrogens is 1. The lowest BCUT2D eigenvalue weighted by atomic mass is 9.95. The van der Waals surface area contributed by atoms with Gasteiger partial charge in [-0.25, -0.2) is 0 Å². The highest BCUT2D eigenvalue weighted by Gasteiger charge is 2.18. The third-order valence-electron chi connectivity index (χ3n) is 4.30. The Bertz CT molecular complexity index is 345. The number of rotatable bonds is 5. The molecule has 0 aromatic carbocycles. The van der Waals surface area contributed by atoms with Crippen molar-refractivity contribution in [2.75, 3.05) is 0 Å². The van der Waals surface area contributed by atoms with Crippen LogP contribution in [0.25, 0.3) is 0 Å². The Morgan fingerprint density at radius 3 is 2.94 bits per heavy atom. The molecular weight excluding hydrogens is 222 g/mol. The van der Waals surface area contributed by atoms with E-state index in [2.05, 4.69) is 29.4 Å². The largest absolute Gasteiger partial charge is 0.310 e. The Morgan fingerprint density at radius 2 is 2.22 bits per heavy atom. The lowest BCUT2D eigenvalue weighted by molar-refractivity contribution is 0.409. The summed E-state index contributed by atoms with van der Waals surface area (Å²) >= 11 is 0. The van der Waals surface area contributed by atoms with Gasteiger partial charge in [0, 0.05) is 23.8 Å². The van der Waals surface area contributed by atoms with Crippen LogP contribution in [0.2, 0.25) is 0 Å². The van der Waals surface area contributed by atoms with Crippen LogP contribution in [-0.4, -0.2) is 16.2 Å². The van der Waals surface area contributed by atoms with Crippen LogP contribution in [0.3, 0.4) is 0 Å². The predicted molar refractivity (Wildman–Crippen MR) is 75.4 cm³/mol. The molecule has 1 saturated carbocycles. The predicted octanol–water partition coefficient (Wildman–Crippen LogP) is 3.56. The van der Waals surface area contributed by atoms with Gasteiger partial charge >= 0.3 is 0 Å². The van der Waals surface area contributed by atoms with Crippen LogP contribution >= 0.6 is 0 Å². The van der Waals surface area contributed by atoms with Crippen molar-refractivity contribution < 1.29 is 0 Å². The molecule has 1 aromatic heterocycles. The van der Waals surface area contributed by atoms with E-state index in [1.807, 2.05) is 6.20 Å². The van der Waals surface area contributed by atoms with Gasteiger partial charge in [0.1, 0.15) is 0 Å². The number of hydrogen-bond donors (Lipinski definition) is 2. The molecular formula is C15H27N3. The lowest BCUT2D eigenvalue weighted by Crippen LogP contribution is -2.28. The van der Waals surface area contributed by atoms with Gasteiger partial charge in [-0.05, 0) is 32.1 Å². The highest BCUT2D eigenvalue weighted by atomic mass is 15.1. The van der Waals surface area contributed by atoms with Gasteiger partial charge < -0.3 is 5.32 Å². The second-order valence-corrected chi connectivity index (χ2v) is 5.76. The maximum absolute atomic E-state index is 4.08. The summed E-state index contributed by atoms with van der Waals surface area (Å²) in [7, 11) is 0. The van der Waals surface area contributed by atoms with Crippen LogP contribution in [0.4, 0.5) is 0 Å². The molecule has 1 aromatic rings. The average molecular weight is 249 g/mol. The second-order valence-electron chi connectivity index (χ2n) is 5.76. The molecule has 3 nitrogen and oxygen atoms in total. The van der Waals surface area contributed by atoms with E-state index in [1.165, 1.54) is 56.2 Å². The zero-order valence-electron chi connectivity index (χ0n) is 11.8. The van der Waals surface area contributed by atoms with Crippen molar-refractivity contribution in [3.8, 4) is 0 Å². The number of aryl methyl sites for hydroxylation is 1. The minimum Gasteiger partial charge on any atom is -0.310 e. The van der Waals surface area contributed by atoms with Crippen LogP contribution < -0.4 is 5.32 Å². The normalized spacial score (nSPS) is 25.0. The zero-order chi connectivity index (χ0) is 12.8. The van der Waals surface area contributed by atoms with Gasteiger partial charge in [-0.3, -0.25) is 5.10 Å². The summed E-state index contributed by atoms with van der Waals surface area (Å²) < 4.78 is 0. The molecule has 3 heteroatoms. The molecule has 2 unspecified atom stereocenters. The van der Waals surface area contributed by atoms with Gasteiger partial charge in [0.25, 0.3) is 0 Å². The van der Waals surface area contributed by atoms with Gasteiger partial charge in [0.2, 0.25) is 0 Å². The Hall–Kier alpha value is -0.830. The molecule has 0 saturated heterocycles. The van der Waals surface area contributed by atoms with Crippen molar-refractivity contribution >= 4 is 0 Å². The number of aromatic amines is 1. The quantitative estimate of drug-likeness (QED) is 0.783. The van der Waals surface area contributed by atoms with Gasteiger partial charge in [0.15, 0.2) is 0 Å². The highest BCUT2D eigenvalue weighted by molar-refractivity contribution is 5.13. The fraction of sp³-hybridized carbons (Fsp3) is 0.800. The summed E-state index contributed by atoms with van der Waals surface area (Å²) in [5.74, 6) is 0.984. The molecule has 0 aliphatic heterocycles.